The summed E-state index contributed by atoms with van der Waals surface area (Å²) in [6.07, 6.45) is -5.60. The summed E-state index contributed by atoms with van der Waals surface area (Å²) >= 11 is 0. The van der Waals surface area contributed by atoms with Crippen molar-refractivity contribution in [3.05, 3.63) is 0 Å². The lowest BCUT2D eigenvalue weighted by molar-refractivity contribution is -0.162. The van der Waals surface area contributed by atoms with E-state index in [-0.39, 0.29) is 0 Å². The Morgan fingerprint density at radius 1 is 1.93 bits per heavy atom. The minimum Gasteiger partial charge on any atom is -0.480 e. The van der Waals surface area contributed by atoms with E-state index < -0.39 is 49.9 Å². The first-order chi connectivity index (χ1) is 8.09. The van der Waals surface area contributed by atoms with Crippen molar-refractivity contribution < 1.29 is 25.3 Å². The van der Waals surface area contributed by atoms with Gasteiger partial charge in [-0.3, -0.25) is 4.79 Å². The standard InChI is InChI=1S/C8H14N2O4/c9-3-1-5(11)7(8(13)14)10-4-2-6(10)12/h5,7,11H,1-4,9H2,(H,13,14)/t5-,7+/m1/s1/i1T,2D2,3T/t1?,3?,5-,7+. The van der Waals surface area contributed by atoms with Gasteiger partial charge in [-0.1, -0.05) is 0 Å². The molecule has 0 bridgehead atoms. The Hall–Kier alpha value is -1.14. The van der Waals surface area contributed by atoms with Crippen LogP contribution in [-0.4, -0.2) is 52.2 Å². The lowest BCUT2D eigenvalue weighted by Gasteiger charge is -2.37. The Kier molecular flexibility index (Phi) is 1.99. The van der Waals surface area contributed by atoms with E-state index in [0.717, 1.165) is 0 Å². The number of rotatable bonds is 5. The highest BCUT2D eigenvalue weighted by molar-refractivity contribution is 5.87. The van der Waals surface area contributed by atoms with Gasteiger partial charge in [-0.05, 0) is 12.9 Å². The van der Waals surface area contributed by atoms with Crippen molar-refractivity contribution in [2.24, 2.45) is 5.73 Å². The van der Waals surface area contributed by atoms with Gasteiger partial charge in [0.15, 0.2) is 6.04 Å². The first-order valence-corrected chi connectivity index (χ1v) is 3.91. The Morgan fingerprint density at radius 3 is 2.93 bits per heavy atom. The molecule has 14 heavy (non-hydrogen) atoms. The molecule has 1 amide bonds. The number of carboxylic acids is 1. The van der Waals surface area contributed by atoms with E-state index in [1.54, 1.807) is 0 Å². The summed E-state index contributed by atoms with van der Waals surface area (Å²) in [5.74, 6) is -2.62. The van der Waals surface area contributed by atoms with Gasteiger partial charge in [0.1, 0.15) is 0 Å². The summed E-state index contributed by atoms with van der Waals surface area (Å²) in [7, 11) is 0. The van der Waals surface area contributed by atoms with Crippen LogP contribution in [0.4, 0.5) is 0 Å². The summed E-state index contributed by atoms with van der Waals surface area (Å²) in [5.41, 5.74) is 5.07. The van der Waals surface area contributed by atoms with Crippen LogP contribution in [0.25, 0.3) is 0 Å². The molecular weight excluding hydrogens is 188 g/mol. The molecular formula is C8H14N2O4. The minimum atomic E-state index is -2.14. The maximum absolute atomic E-state index is 11.4. The van der Waals surface area contributed by atoms with E-state index in [2.05, 4.69) is 0 Å². The van der Waals surface area contributed by atoms with Crippen LogP contribution in [0, 0.1) is 0 Å². The van der Waals surface area contributed by atoms with Crippen molar-refractivity contribution >= 4 is 11.9 Å². The van der Waals surface area contributed by atoms with E-state index in [9.17, 15) is 14.7 Å². The van der Waals surface area contributed by atoms with Gasteiger partial charge in [-0.15, -0.1) is 0 Å². The predicted molar refractivity (Wildman–Crippen MR) is 47.4 cm³/mol. The average Bonchev–Trinajstić information content (AvgIpc) is 2.25. The third kappa shape index (κ3) is 2.02. The Morgan fingerprint density at radius 2 is 2.57 bits per heavy atom. The minimum absolute atomic E-state index is 0.472. The van der Waals surface area contributed by atoms with E-state index >= 15 is 0 Å². The number of aliphatic carboxylic acids is 1. The van der Waals surface area contributed by atoms with Crippen LogP contribution < -0.4 is 5.73 Å². The Labute approximate surface area is 86.9 Å². The summed E-state index contributed by atoms with van der Waals surface area (Å²) < 4.78 is 28.7. The molecule has 80 valence electrons. The quantitative estimate of drug-likeness (QED) is 0.471. The number of aliphatic hydroxyl groups is 1. The van der Waals surface area contributed by atoms with E-state index in [4.69, 9.17) is 16.3 Å². The molecule has 4 N–H and O–H groups in total. The van der Waals surface area contributed by atoms with Crippen LogP contribution in [-0.2, 0) is 9.59 Å². The third-order valence-electron chi connectivity index (χ3n) is 1.88. The molecule has 0 aliphatic carbocycles. The molecule has 0 saturated carbocycles. The lowest BCUT2D eigenvalue weighted by atomic mass is 10.0. The fourth-order valence-electron chi connectivity index (χ4n) is 1.14. The number of hydrogen-bond donors (Lipinski definition) is 3. The summed E-state index contributed by atoms with van der Waals surface area (Å²) in [5, 5.41) is 18.6. The fourth-order valence-corrected chi connectivity index (χ4v) is 1.14. The van der Waals surface area contributed by atoms with Crippen LogP contribution in [0.2, 0.25) is 0 Å². The number of nitrogens with two attached hydrogens (primary N) is 1. The molecule has 1 saturated heterocycles. The van der Waals surface area contributed by atoms with Gasteiger partial charge in [-0.25, -0.2) is 4.79 Å². The highest BCUT2D eigenvalue weighted by Crippen LogP contribution is 2.17. The molecule has 6 nitrogen and oxygen atoms in total. The van der Waals surface area contributed by atoms with Crippen LogP contribution in [0.3, 0.4) is 0 Å². The highest BCUT2D eigenvalue weighted by atomic mass is 16.4. The zero-order valence-electron chi connectivity index (χ0n) is 11.3. The molecule has 1 aliphatic rings. The van der Waals surface area contributed by atoms with Gasteiger partial charge in [0.05, 0.1) is 6.10 Å². The largest absolute Gasteiger partial charge is 0.480 e. The first-order valence-electron chi connectivity index (χ1n) is 6.07. The Bertz CT molecular complexity index is 365. The fraction of sp³-hybridized carbons (Fsp3) is 0.750. The molecule has 4 atom stereocenters. The summed E-state index contributed by atoms with van der Waals surface area (Å²) in [6, 6.07) is -1.76. The third-order valence-corrected chi connectivity index (χ3v) is 1.88. The summed E-state index contributed by atoms with van der Waals surface area (Å²) in [6.45, 7) is -1.99. The predicted octanol–water partition coefficient (Wildman–Crippen LogP) is -1.62. The van der Waals surface area contributed by atoms with E-state index in [1.807, 2.05) is 0 Å². The zero-order valence-corrected chi connectivity index (χ0v) is 7.25. The highest BCUT2D eigenvalue weighted by Gasteiger charge is 2.39. The number of carbonyl (C=O) groups is 2. The normalized spacial score (nSPS) is 32.4. The number of amides is 1. The maximum atomic E-state index is 11.4. The smallest absolute Gasteiger partial charge is 0.329 e. The molecule has 0 aromatic heterocycles. The van der Waals surface area contributed by atoms with Crippen molar-refractivity contribution in [1.29, 1.82) is 0 Å². The van der Waals surface area contributed by atoms with Gasteiger partial charge < -0.3 is 20.8 Å². The molecule has 1 rings (SSSR count). The van der Waals surface area contributed by atoms with Crippen molar-refractivity contribution in [2.75, 3.05) is 13.1 Å². The maximum Gasteiger partial charge on any atom is 0.329 e. The number of aliphatic hydroxyl groups excluding tert-OH is 1. The van der Waals surface area contributed by atoms with Crippen molar-refractivity contribution in [3.8, 4) is 0 Å². The second-order valence-corrected chi connectivity index (χ2v) is 2.77. The van der Waals surface area contributed by atoms with Gasteiger partial charge in [-0.2, -0.15) is 0 Å². The molecule has 1 aliphatic heterocycles. The lowest BCUT2D eigenvalue weighted by Crippen LogP contribution is -2.58. The zero-order chi connectivity index (χ0) is 14.2. The number of β-lactam (4-membered cyclic amide) rings is 1. The molecule has 0 aromatic carbocycles. The van der Waals surface area contributed by atoms with E-state index in [1.165, 1.54) is 0 Å². The Balaban J connectivity index is 2.86. The summed E-state index contributed by atoms with van der Waals surface area (Å²) in [4.78, 5) is 23.0. The number of carbonyl (C=O) groups excluding carboxylic acids is 1. The molecule has 1 fully saturated rings. The molecule has 0 spiro atoms. The van der Waals surface area contributed by atoms with Gasteiger partial charge in [0.2, 0.25) is 5.91 Å². The van der Waals surface area contributed by atoms with Crippen LogP contribution in [0.5, 0.6) is 0 Å². The molecule has 6 heteroatoms. The average molecular weight is 208 g/mol. The van der Waals surface area contributed by atoms with Gasteiger partial charge >= 0.3 is 5.97 Å². The van der Waals surface area contributed by atoms with Crippen molar-refractivity contribution in [2.45, 2.75) is 24.9 Å². The molecule has 0 aromatic rings. The first kappa shape index (κ1) is 6.36. The second kappa shape index (κ2) is 4.39. The SMILES string of the molecule is [2H]C1([2H])CN([C@H](C(=O)O)[C@H](O)C([3H])C([3H])N)C1=O. The number of nitrogens with zero attached hydrogens (tertiary/aromatic N) is 1. The van der Waals surface area contributed by atoms with Gasteiger partial charge in [0.25, 0.3) is 0 Å². The molecule has 1 heterocycles. The van der Waals surface area contributed by atoms with Crippen LogP contribution >= 0.6 is 0 Å². The van der Waals surface area contributed by atoms with Crippen molar-refractivity contribution in [1.82, 2.24) is 4.90 Å². The van der Waals surface area contributed by atoms with Crippen molar-refractivity contribution in [3.63, 3.8) is 0 Å². The van der Waals surface area contributed by atoms with E-state index in [0.29, 0.717) is 4.90 Å². The molecule has 2 unspecified atom stereocenters. The molecule has 0 radical (unpaired) electrons. The van der Waals surface area contributed by atoms with Crippen LogP contribution in [0.15, 0.2) is 0 Å². The second-order valence-electron chi connectivity index (χ2n) is 2.77. The monoisotopic (exact) mass is 208 g/mol. The number of carboxylic acid groups (broad SMARTS) is 1. The topological polar surface area (TPSA) is 104 Å². The number of likely N-dealkylation sites (tertiary alicyclic amines) is 1. The number of hydrogen-bond acceptors (Lipinski definition) is 4. The van der Waals surface area contributed by atoms with Gasteiger partial charge in [0, 0.05) is 18.4 Å². The van der Waals surface area contributed by atoms with Crippen LogP contribution in [0.1, 0.15) is 18.3 Å².